The Kier molecular flexibility index (Phi) is 4.23. The molecular formula is C22H22N4O4S. The number of para-hydroxylation sites is 1. The molecule has 0 unspecified atom stereocenters. The monoisotopic (exact) mass is 438 g/mol. The zero-order chi connectivity index (χ0) is 22.1. The zero-order valence-electron chi connectivity index (χ0n) is 17.9. The second kappa shape index (κ2) is 6.65. The maximum absolute atomic E-state index is 13.6. The minimum Gasteiger partial charge on any atom is -0.469 e. The van der Waals surface area contributed by atoms with Gasteiger partial charge >= 0.3 is 5.97 Å². The smallest absolute Gasteiger partial charge is 0.317 e. The summed E-state index contributed by atoms with van der Waals surface area (Å²) in [6.07, 6.45) is 1.86. The summed E-state index contributed by atoms with van der Waals surface area (Å²) in [5, 5.41) is 4.44. The van der Waals surface area contributed by atoms with Gasteiger partial charge in [0.25, 0.3) is 5.56 Å². The van der Waals surface area contributed by atoms with Crippen molar-refractivity contribution in [3.63, 3.8) is 0 Å². The highest BCUT2D eigenvalue weighted by atomic mass is 32.1. The average molecular weight is 439 g/mol. The van der Waals surface area contributed by atoms with Crippen molar-refractivity contribution in [1.29, 1.82) is 0 Å². The number of nitrogens with zero attached hydrogens (tertiary/aromatic N) is 4. The number of thiazole rings is 1. The number of benzene rings is 1. The Balaban J connectivity index is 1.82. The van der Waals surface area contributed by atoms with Crippen LogP contribution in [0.3, 0.4) is 0 Å². The molecule has 3 atom stereocenters. The molecule has 0 amide bonds. The van der Waals surface area contributed by atoms with Crippen LogP contribution in [0.2, 0.25) is 0 Å². The lowest BCUT2D eigenvalue weighted by Gasteiger charge is -2.44. The Hall–Kier alpha value is -3.20. The zero-order valence-corrected chi connectivity index (χ0v) is 18.7. The third-order valence-corrected chi connectivity index (χ3v) is 7.16. The van der Waals surface area contributed by atoms with Crippen molar-refractivity contribution in [1.82, 2.24) is 14.3 Å². The summed E-state index contributed by atoms with van der Waals surface area (Å²) in [6, 6.07) is 6.89. The van der Waals surface area contributed by atoms with Gasteiger partial charge < -0.3 is 9.47 Å². The number of carbonyl (C=O) groups excluding carboxylic acids is 1. The topological polar surface area (TPSA) is 87.7 Å². The Morgan fingerprint density at radius 2 is 2.06 bits per heavy atom. The van der Waals surface area contributed by atoms with Crippen LogP contribution in [0, 0.1) is 19.8 Å². The second-order valence-corrected chi connectivity index (χ2v) is 9.04. The first-order valence-corrected chi connectivity index (χ1v) is 10.8. The van der Waals surface area contributed by atoms with E-state index in [1.807, 2.05) is 51.2 Å². The normalized spacial score (nSPS) is 24.1. The van der Waals surface area contributed by atoms with Crippen LogP contribution in [-0.4, -0.2) is 33.2 Å². The van der Waals surface area contributed by atoms with E-state index in [1.54, 1.807) is 16.2 Å². The van der Waals surface area contributed by atoms with Gasteiger partial charge in [-0.15, -0.1) is 0 Å². The predicted molar refractivity (Wildman–Crippen MR) is 115 cm³/mol. The number of ether oxygens (including phenoxy) is 2. The molecule has 0 saturated carbocycles. The molecule has 8 nitrogen and oxygen atoms in total. The fourth-order valence-corrected chi connectivity index (χ4v) is 5.64. The number of esters is 1. The molecule has 0 fully saturated rings. The lowest BCUT2D eigenvalue weighted by molar-refractivity contribution is -0.158. The maximum atomic E-state index is 13.6. The number of aryl methyl sites for hydroxylation is 2. The number of aromatic nitrogens is 3. The highest BCUT2D eigenvalue weighted by Gasteiger charge is 2.55. The van der Waals surface area contributed by atoms with Gasteiger partial charge in [0.1, 0.15) is 11.7 Å². The van der Waals surface area contributed by atoms with E-state index in [4.69, 9.17) is 14.5 Å². The van der Waals surface area contributed by atoms with Crippen LogP contribution >= 0.6 is 11.3 Å². The van der Waals surface area contributed by atoms with Gasteiger partial charge in [-0.25, -0.2) is 4.99 Å². The fourth-order valence-electron chi connectivity index (χ4n) is 4.56. The molecule has 0 N–H and O–H groups in total. The lowest BCUT2D eigenvalue weighted by Crippen LogP contribution is -2.58. The Labute approximate surface area is 182 Å². The first-order chi connectivity index (χ1) is 14.7. The van der Waals surface area contributed by atoms with Gasteiger partial charge in [0.15, 0.2) is 4.80 Å². The molecule has 2 bridgehead atoms. The summed E-state index contributed by atoms with van der Waals surface area (Å²) in [6.45, 7) is 5.65. The van der Waals surface area contributed by atoms with Crippen molar-refractivity contribution < 1.29 is 14.3 Å². The van der Waals surface area contributed by atoms with Gasteiger partial charge in [0.2, 0.25) is 5.72 Å². The SMILES string of the molecule is COC(=O)[C@@H]1[C@@H]2c3ccccc3O[C@@]1(C)N=c1s/c(=C\c3c(C)nn(C)c3C)c(=O)n12. The number of carbonyl (C=O) groups is 1. The molecule has 3 aromatic rings. The molecule has 9 heteroatoms. The largest absolute Gasteiger partial charge is 0.469 e. The van der Waals surface area contributed by atoms with Gasteiger partial charge in [0, 0.05) is 23.9 Å². The van der Waals surface area contributed by atoms with Gasteiger partial charge in [-0.2, -0.15) is 5.10 Å². The van der Waals surface area contributed by atoms with Crippen LogP contribution < -0.4 is 19.6 Å². The summed E-state index contributed by atoms with van der Waals surface area (Å²) in [7, 11) is 3.22. The van der Waals surface area contributed by atoms with Gasteiger partial charge in [-0.3, -0.25) is 18.8 Å². The van der Waals surface area contributed by atoms with E-state index in [1.165, 1.54) is 18.4 Å². The third kappa shape index (κ3) is 2.72. The van der Waals surface area contributed by atoms with E-state index < -0.39 is 23.7 Å². The molecule has 0 spiro atoms. The quantitative estimate of drug-likeness (QED) is 0.562. The van der Waals surface area contributed by atoms with Crippen LogP contribution in [0.1, 0.15) is 35.5 Å². The standard InChI is InChI=1S/C22H22N4O4S/c1-11-14(12(2)25(4)24-11)10-16-19(27)26-18-13-8-6-7-9-15(13)30-22(3,23-21(26)31-16)17(18)20(28)29-5/h6-10,17-18H,1-5H3/b16-10-/t17-,18-,22+/m0/s1. The summed E-state index contributed by atoms with van der Waals surface area (Å²) >= 11 is 1.29. The number of fused-ring (bicyclic) bond motifs is 6. The van der Waals surface area contributed by atoms with Crippen molar-refractivity contribution in [3.8, 4) is 5.75 Å². The van der Waals surface area contributed by atoms with E-state index in [0.717, 1.165) is 22.5 Å². The molecule has 2 aliphatic rings. The molecule has 2 aromatic heterocycles. The van der Waals surface area contributed by atoms with Crippen molar-refractivity contribution >= 4 is 23.4 Å². The number of methoxy groups -OCH3 is 1. The summed E-state index contributed by atoms with van der Waals surface area (Å²) < 4.78 is 15.2. The molecule has 31 heavy (non-hydrogen) atoms. The first-order valence-electron chi connectivity index (χ1n) is 9.94. The summed E-state index contributed by atoms with van der Waals surface area (Å²) in [5.74, 6) is -0.618. The molecule has 0 saturated heterocycles. The van der Waals surface area contributed by atoms with Crippen molar-refractivity contribution in [3.05, 3.63) is 66.5 Å². The van der Waals surface area contributed by atoms with Crippen LogP contribution in [0.4, 0.5) is 0 Å². The van der Waals surface area contributed by atoms with Crippen molar-refractivity contribution in [2.75, 3.05) is 7.11 Å². The molecule has 160 valence electrons. The number of hydrogen-bond donors (Lipinski definition) is 0. The lowest BCUT2D eigenvalue weighted by atomic mass is 9.81. The van der Waals surface area contributed by atoms with Crippen molar-refractivity contribution in [2.45, 2.75) is 32.5 Å². The number of hydrogen-bond acceptors (Lipinski definition) is 7. The van der Waals surface area contributed by atoms with Crippen molar-refractivity contribution in [2.24, 2.45) is 18.0 Å². The van der Waals surface area contributed by atoms with Gasteiger partial charge in [0.05, 0.1) is 23.4 Å². The highest BCUT2D eigenvalue weighted by molar-refractivity contribution is 7.07. The predicted octanol–water partition coefficient (Wildman–Crippen LogP) is 1.21. The van der Waals surface area contributed by atoms with Crippen LogP contribution in [0.5, 0.6) is 5.75 Å². The minimum absolute atomic E-state index is 0.191. The molecule has 2 aliphatic heterocycles. The first kappa shape index (κ1) is 19.7. The van der Waals surface area contributed by atoms with Crippen LogP contribution in [0.25, 0.3) is 6.08 Å². The van der Waals surface area contributed by atoms with Gasteiger partial charge in [-0.1, -0.05) is 29.5 Å². The molecule has 0 aliphatic carbocycles. The molecule has 4 heterocycles. The highest BCUT2D eigenvalue weighted by Crippen LogP contribution is 2.47. The fraction of sp³-hybridized carbons (Fsp3) is 0.364. The number of rotatable bonds is 2. The Bertz CT molecular complexity index is 1420. The molecule has 5 rings (SSSR count). The van der Waals surface area contributed by atoms with Crippen LogP contribution in [-0.2, 0) is 16.6 Å². The third-order valence-electron chi connectivity index (χ3n) is 6.18. The maximum Gasteiger partial charge on any atom is 0.317 e. The van der Waals surface area contributed by atoms with Crippen LogP contribution in [0.15, 0.2) is 34.1 Å². The Morgan fingerprint density at radius 3 is 2.74 bits per heavy atom. The second-order valence-electron chi connectivity index (χ2n) is 8.03. The molecule has 0 radical (unpaired) electrons. The molecular weight excluding hydrogens is 416 g/mol. The van der Waals surface area contributed by atoms with E-state index in [-0.39, 0.29) is 5.56 Å². The Morgan fingerprint density at radius 1 is 1.32 bits per heavy atom. The molecule has 1 aromatic carbocycles. The van der Waals surface area contributed by atoms with E-state index in [2.05, 4.69) is 5.10 Å². The van der Waals surface area contributed by atoms with E-state index in [0.29, 0.717) is 15.1 Å². The minimum atomic E-state index is -1.17. The average Bonchev–Trinajstić information content (AvgIpc) is 3.16. The summed E-state index contributed by atoms with van der Waals surface area (Å²) in [5.41, 5.74) is 2.14. The van der Waals surface area contributed by atoms with E-state index in [9.17, 15) is 9.59 Å². The van der Waals surface area contributed by atoms with E-state index >= 15 is 0 Å². The van der Waals surface area contributed by atoms with Gasteiger partial charge in [-0.05, 0) is 32.9 Å². The summed E-state index contributed by atoms with van der Waals surface area (Å²) in [4.78, 5) is 31.7.